The van der Waals surface area contributed by atoms with Crippen LogP contribution < -0.4 is 15.4 Å². The first-order valence-electron chi connectivity index (χ1n) is 7.68. The zero-order valence-corrected chi connectivity index (χ0v) is 13.0. The summed E-state index contributed by atoms with van der Waals surface area (Å²) in [4.78, 5) is 11.9. The molecule has 5 heteroatoms. The van der Waals surface area contributed by atoms with E-state index in [2.05, 4.69) is 17.2 Å². The third-order valence-electron chi connectivity index (χ3n) is 3.67. The molecule has 0 heterocycles. The first-order chi connectivity index (χ1) is 10.6. The largest absolute Gasteiger partial charge is 0.494 e. The van der Waals surface area contributed by atoms with Crippen LogP contribution in [0.25, 0.3) is 0 Å². The van der Waals surface area contributed by atoms with Crippen molar-refractivity contribution in [1.29, 1.82) is 0 Å². The van der Waals surface area contributed by atoms with Crippen LogP contribution in [0.4, 0.5) is 5.69 Å². The fourth-order valence-electron chi connectivity index (χ4n) is 2.47. The molecular formula is C17H24N2O3. The van der Waals surface area contributed by atoms with Gasteiger partial charge in [-0.25, -0.2) is 0 Å². The van der Waals surface area contributed by atoms with Crippen LogP contribution in [0.3, 0.4) is 0 Å². The van der Waals surface area contributed by atoms with E-state index in [4.69, 9.17) is 4.74 Å². The summed E-state index contributed by atoms with van der Waals surface area (Å²) in [7, 11) is 0. The number of carbonyl (C=O) groups excluding carboxylic acids is 1. The lowest BCUT2D eigenvalue weighted by atomic mass is 9.88. The molecule has 1 aliphatic rings. The number of carbonyl (C=O) groups is 1. The van der Waals surface area contributed by atoms with Crippen molar-refractivity contribution >= 4 is 11.6 Å². The van der Waals surface area contributed by atoms with E-state index in [9.17, 15) is 9.90 Å². The van der Waals surface area contributed by atoms with Crippen molar-refractivity contribution < 1.29 is 14.6 Å². The Kier molecular flexibility index (Phi) is 5.98. The highest BCUT2D eigenvalue weighted by molar-refractivity contribution is 5.91. The molecule has 120 valence electrons. The van der Waals surface area contributed by atoms with Gasteiger partial charge in [0.05, 0.1) is 13.2 Å². The number of nitrogens with one attached hydrogen (secondary N) is 2. The van der Waals surface area contributed by atoms with E-state index in [-0.39, 0.29) is 12.5 Å². The second-order valence-electron chi connectivity index (χ2n) is 5.52. The van der Waals surface area contributed by atoms with Crippen LogP contribution in [-0.4, -0.2) is 30.2 Å². The number of amides is 1. The van der Waals surface area contributed by atoms with Gasteiger partial charge >= 0.3 is 0 Å². The van der Waals surface area contributed by atoms with Crippen LogP contribution >= 0.6 is 0 Å². The van der Waals surface area contributed by atoms with Crippen molar-refractivity contribution in [2.45, 2.75) is 38.8 Å². The van der Waals surface area contributed by atoms with E-state index in [1.165, 1.54) is 5.57 Å². The summed E-state index contributed by atoms with van der Waals surface area (Å²) in [5.41, 5.74) is 2.62. The van der Waals surface area contributed by atoms with E-state index < -0.39 is 0 Å². The van der Waals surface area contributed by atoms with Gasteiger partial charge in [0.25, 0.3) is 0 Å². The highest BCUT2D eigenvalue weighted by Crippen LogP contribution is 2.24. The Morgan fingerprint density at radius 3 is 2.86 bits per heavy atom. The van der Waals surface area contributed by atoms with Gasteiger partial charge in [-0.15, -0.1) is 0 Å². The van der Waals surface area contributed by atoms with Crippen LogP contribution in [0.5, 0.6) is 5.75 Å². The number of hydrogen-bond acceptors (Lipinski definition) is 4. The molecule has 0 unspecified atom stereocenters. The van der Waals surface area contributed by atoms with Crippen molar-refractivity contribution in [3.63, 3.8) is 0 Å². The molecule has 1 fully saturated rings. The minimum Gasteiger partial charge on any atom is -0.494 e. The Morgan fingerprint density at radius 2 is 2.23 bits per heavy atom. The van der Waals surface area contributed by atoms with Gasteiger partial charge in [0, 0.05) is 30.3 Å². The van der Waals surface area contributed by atoms with Gasteiger partial charge in [-0.05, 0) is 38.0 Å². The molecule has 0 radical (unpaired) electrons. The Morgan fingerprint density at radius 1 is 1.45 bits per heavy atom. The monoisotopic (exact) mass is 304 g/mol. The van der Waals surface area contributed by atoms with Gasteiger partial charge in [-0.1, -0.05) is 12.2 Å². The van der Waals surface area contributed by atoms with Gasteiger partial charge < -0.3 is 20.5 Å². The highest BCUT2D eigenvalue weighted by Gasteiger charge is 2.20. The second kappa shape index (κ2) is 7.96. The summed E-state index contributed by atoms with van der Waals surface area (Å²) >= 11 is 0. The Labute approximate surface area is 131 Å². The van der Waals surface area contributed by atoms with Crippen LogP contribution in [0.2, 0.25) is 0 Å². The molecular weight excluding hydrogens is 280 g/mol. The number of benzene rings is 1. The molecule has 1 aromatic carbocycles. The molecule has 5 nitrogen and oxygen atoms in total. The van der Waals surface area contributed by atoms with Crippen molar-refractivity contribution in [3.05, 3.63) is 35.9 Å². The van der Waals surface area contributed by atoms with E-state index >= 15 is 0 Å². The average Bonchev–Trinajstić information content (AvgIpc) is 2.47. The summed E-state index contributed by atoms with van der Waals surface area (Å²) in [6, 6.07) is 5.77. The molecule has 0 spiro atoms. The van der Waals surface area contributed by atoms with Crippen LogP contribution in [0.15, 0.2) is 30.4 Å². The molecule has 22 heavy (non-hydrogen) atoms. The van der Waals surface area contributed by atoms with Crippen molar-refractivity contribution in [3.8, 4) is 5.75 Å². The van der Waals surface area contributed by atoms with Gasteiger partial charge in [-0.3, -0.25) is 4.79 Å². The predicted octanol–water partition coefficient (Wildman–Crippen LogP) is 2.21. The molecule has 0 saturated heterocycles. The Bertz CT molecular complexity index is 535. The minimum atomic E-state index is -0.119. The molecule has 1 aromatic rings. The molecule has 1 amide bonds. The van der Waals surface area contributed by atoms with Gasteiger partial charge in [-0.2, -0.15) is 0 Å². The molecule has 0 bridgehead atoms. The van der Waals surface area contributed by atoms with E-state index in [0.717, 1.165) is 12.8 Å². The predicted molar refractivity (Wildman–Crippen MR) is 86.9 cm³/mol. The van der Waals surface area contributed by atoms with Crippen LogP contribution in [0, 0.1) is 0 Å². The lowest BCUT2D eigenvalue weighted by Gasteiger charge is -2.29. The number of hydrogen-bond donors (Lipinski definition) is 3. The standard InChI is InChI=1S/C17H24N2O3/c1-3-22-16-5-4-14(10-13(16)11-20)19-17(21)6-7-18-15-8-12(2)9-15/h4-5,10,15,18,20H,2-3,6-9,11H2,1H3,(H,19,21). The summed E-state index contributed by atoms with van der Waals surface area (Å²) in [5, 5.41) is 15.5. The summed E-state index contributed by atoms with van der Waals surface area (Å²) in [6.07, 6.45) is 2.45. The minimum absolute atomic E-state index is 0.0429. The van der Waals surface area contributed by atoms with Gasteiger partial charge in [0.1, 0.15) is 5.75 Å². The third kappa shape index (κ3) is 4.58. The highest BCUT2D eigenvalue weighted by atomic mass is 16.5. The van der Waals surface area contributed by atoms with E-state index in [1.807, 2.05) is 6.92 Å². The smallest absolute Gasteiger partial charge is 0.225 e. The summed E-state index contributed by atoms with van der Waals surface area (Å²) < 4.78 is 5.42. The zero-order chi connectivity index (χ0) is 15.9. The number of rotatable bonds is 8. The fourth-order valence-corrected chi connectivity index (χ4v) is 2.47. The van der Waals surface area contributed by atoms with Crippen molar-refractivity contribution in [2.75, 3.05) is 18.5 Å². The van der Waals surface area contributed by atoms with Crippen LogP contribution in [0.1, 0.15) is 31.7 Å². The second-order valence-corrected chi connectivity index (χ2v) is 5.52. The Hall–Kier alpha value is -1.85. The van der Waals surface area contributed by atoms with Crippen LogP contribution in [-0.2, 0) is 11.4 Å². The molecule has 1 aliphatic carbocycles. The first kappa shape index (κ1) is 16.5. The maximum Gasteiger partial charge on any atom is 0.225 e. The van der Waals surface area contributed by atoms with Crippen molar-refractivity contribution in [2.24, 2.45) is 0 Å². The number of anilines is 1. The molecule has 3 N–H and O–H groups in total. The summed E-state index contributed by atoms with van der Waals surface area (Å²) in [6.45, 7) is 6.87. The first-order valence-corrected chi connectivity index (χ1v) is 7.68. The maximum atomic E-state index is 11.9. The normalized spacial score (nSPS) is 14.5. The topological polar surface area (TPSA) is 70.6 Å². The van der Waals surface area contributed by atoms with E-state index in [1.54, 1.807) is 18.2 Å². The SMILES string of the molecule is C=C1CC(NCCC(=O)Nc2ccc(OCC)c(CO)c2)C1. The quantitative estimate of drug-likeness (QED) is 0.644. The molecule has 0 atom stereocenters. The lowest BCUT2D eigenvalue weighted by Crippen LogP contribution is -2.38. The number of aliphatic hydroxyl groups is 1. The van der Waals surface area contributed by atoms with Gasteiger partial charge in [0.15, 0.2) is 0 Å². The fraction of sp³-hybridized carbons (Fsp3) is 0.471. The molecule has 1 saturated carbocycles. The average molecular weight is 304 g/mol. The third-order valence-corrected chi connectivity index (χ3v) is 3.67. The Balaban J connectivity index is 1.79. The maximum absolute atomic E-state index is 11.9. The summed E-state index contributed by atoms with van der Waals surface area (Å²) in [5.74, 6) is 0.605. The molecule has 0 aliphatic heterocycles. The van der Waals surface area contributed by atoms with Crippen molar-refractivity contribution in [1.82, 2.24) is 5.32 Å². The molecule has 2 rings (SSSR count). The van der Waals surface area contributed by atoms with Gasteiger partial charge in [0.2, 0.25) is 5.91 Å². The zero-order valence-electron chi connectivity index (χ0n) is 13.0. The number of ether oxygens (including phenoxy) is 1. The van der Waals surface area contributed by atoms with E-state index in [0.29, 0.717) is 42.6 Å². The lowest BCUT2D eigenvalue weighted by molar-refractivity contribution is -0.116. The molecule has 0 aromatic heterocycles. The number of aliphatic hydroxyl groups excluding tert-OH is 1.